The predicted molar refractivity (Wildman–Crippen MR) is 146 cm³/mol. The molecule has 0 fully saturated rings. The van der Waals surface area contributed by atoms with Gasteiger partial charge in [-0.05, 0) is 61.6 Å². The summed E-state index contributed by atoms with van der Waals surface area (Å²) in [5.41, 5.74) is 7.93. The van der Waals surface area contributed by atoms with E-state index >= 15 is 0 Å². The highest BCUT2D eigenvalue weighted by Gasteiger charge is 2.21. The van der Waals surface area contributed by atoms with E-state index in [0.29, 0.717) is 5.82 Å². The Hall–Kier alpha value is -3.54. The number of aliphatic imine (C=N–C) groups is 1. The van der Waals surface area contributed by atoms with Crippen molar-refractivity contribution in [3.63, 3.8) is 0 Å². The van der Waals surface area contributed by atoms with Crippen molar-refractivity contribution < 1.29 is 0 Å². The Morgan fingerprint density at radius 2 is 1.91 bits per heavy atom. The van der Waals surface area contributed by atoms with E-state index in [-0.39, 0.29) is 5.56 Å². The highest BCUT2D eigenvalue weighted by Crippen LogP contribution is 2.28. The van der Waals surface area contributed by atoms with Crippen LogP contribution in [-0.2, 0) is 20.0 Å². The zero-order valence-corrected chi connectivity index (χ0v) is 21.9. The van der Waals surface area contributed by atoms with E-state index in [4.69, 9.17) is 4.98 Å². The van der Waals surface area contributed by atoms with Gasteiger partial charge in [0.1, 0.15) is 5.82 Å². The van der Waals surface area contributed by atoms with Crippen molar-refractivity contribution in [2.24, 2.45) is 12.0 Å². The van der Waals surface area contributed by atoms with Crippen LogP contribution in [0.25, 0.3) is 11.6 Å². The minimum atomic E-state index is -0.0593. The van der Waals surface area contributed by atoms with Gasteiger partial charge in [-0.15, -0.1) is 0 Å². The summed E-state index contributed by atoms with van der Waals surface area (Å²) < 4.78 is 1.58. The lowest BCUT2D eigenvalue weighted by molar-refractivity contribution is 0.324. The predicted octanol–water partition coefficient (Wildman–Crippen LogP) is 5.37. The Balaban J connectivity index is 1.92. The molecule has 3 rings (SSSR count). The van der Waals surface area contributed by atoms with Gasteiger partial charge in [0.2, 0.25) is 0 Å². The van der Waals surface area contributed by atoms with Gasteiger partial charge in [-0.25, -0.2) is 4.98 Å². The van der Waals surface area contributed by atoms with Crippen LogP contribution in [-0.4, -0.2) is 38.7 Å². The van der Waals surface area contributed by atoms with Crippen molar-refractivity contribution in [3.05, 3.63) is 93.1 Å². The molecule has 2 aromatic heterocycles. The fourth-order valence-electron chi connectivity index (χ4n) is 4.20. The molecule has 35 heavy (non-hydrogen) atoms. The molecule has 6 nitrogen and oxygen atoms in total. The van der Waals surface area contributed by atoms with Crippen LogP contribution in [0.4, 0.5) is 0 Å². The number of hydrogen-bond acceptors (Lipinski definition) is 5. The molecule has 3 heterocycles. The van der Waals surface area contributed by atoms with E-state index in [2.05, 4.69) is 66.0 Å². The van der Waals surface area contributed by atoms with Crippen molar-refractivity contribution in [3.8, 4) is 0 Å². The van der Waals surface area contributed by atoms with Gasteiger partial charge in [0.05, 0.1) is 0 Å². The van der Waals surface area contributed by atoms with Crippen LogP contribution in [0, 0.1) is 0 Å². The molecule has 0 radical (unpaired) electrons. The number of allylic oxidation sites excluding steroid dienone is 6. The van der Waals surface area contributed by atoms with Crippen LogP contribution in [0.15, 0.2) is 69.9 Å². The van der Waals surface area contributed by atoms with Crippen LogP contribution >= 0.6 is 0 Å². The van der Waals surface area contributed by atoms with Gasteiger partial charge in [0.15, 0.2) is 0 Å². The molecule has 0 unspecified atom stereocenters. The number of fused-ring (bicyclic) bond motifs is 1. The first kappa shape index (κ1) is 26.1. The fourth-order valence-corrected chi connectivity index (χ4v) is 4.20. The smallest absolute Gasteiger partial charge is 0.253 e. The van der Waals surface area contributed by atoms with Crippen LogP contribution in [0.2, 0.25) is 0 Å². The van der Waals surface area contributed by atoms with Crippen molar-refractivity contribution in [1.29, 1.82) is 0 Å². The molecule has 0 spiro atoms. The summed E-state index contributed by atoms with van der Waals surface area (Å²) in [4.78, 5) is 27.9. The standard InChI is InChI=1S/C29H37N5O/c1-7-9-23(12-11-22(4)30-5)24-18-25-20-34(16-14-26(25)32-19-24)27(10-8-2)21(3)17-28-31-15-13-29(35)33(28)6/h9-13,15,17-19H,7-8,14,16,20H2,1-6H3/b12-11-,21-17-,23-9-,27-10-,30-22?. The lowest BCUT2D eigenvalue weighted by Crippen LogP contribution is -2.31. The zero-order valence-electron chi connectivity index (χ0n) is 21.9. The fraction of sp³-hybridized carbons (Fsp3) is 0.379. The van der Waals surface area contributed by atoms with E-state index in [1.54, 1.807) is 17.8 Å². The zero-order chi connectivity index (χ0) is 25.4. The minimum absolute atomic E-state index is 0.0593. The molecule has 2 aromatic rings. The maximum atomic E-state index is 12.0. The molecule has 1 aliphatic rings. The van der Waals surface area contributed by atoms with E-state index in [1.807, 2.05) is 26.2 Å². The molecule has 0 N–H and O–H groups in total. The van der Waals surface area contributed by atoms with Crippen LogP contribution in [0.3, 0.4) is 0 Å². The van der Waals surface area contributed by atoms with Crippen LogP contribution in [0.5, 0.6) is 0 Å². The van der Waals surface area contributed by atoms with Gasteiger partial charge in [-0.1, -0.05) is 32.1 Å². The molecule has 0 saturated heterocycles. The summed E-state index contributed by atoms with van der Waals surface area (Å²) in [6.45, 7) is 10.1. The van der Waals surface area contributed by atoms with Crippen LogP contribution < -0.4 is 5.56 Å². The summed E-state index contributed by atoms with van der Waals surface area (Å²) in [7, 11) is 3.56. The van der Waals surface area contributed by atoms with Crippen molar-refractivity contribution in [2.45, 2.75) is 53.5 Å². The third kappa shape index (κ3) is 6.53. The molecule has 1 aliphatic heterocycles. The lowest BCUT2D eigenvalue weighted by Gasteiger charge is -2.33. The van der Waals surface area contributed by atoms with Gasteiger partial charge < -0.3 is 4.90 Å². The molecular weight excluding hydrogens is 434 g/mol. The Morgan fingerprint density at radius 1 is 1.14 bits per heavy atom. The SMILES string of the molecule is CC/C=C(/C=C\C(C)=NC)c1cnc2c(c1)CN(C(=C\CC)/C(C)=C\c1nccc(=O)n1C)CC2. The summed E-state index contributed by atoms with van der Waals surface area (Å²) in [6.07, 6.45) is 17.0. The van der Waals surface area contributed by atoms with Crippen LogP contribution in [0.1, 0.15) is 63.2 Å². The van der Waals surface area contributed by atoms with E-state index in [9.17, 15) is 4.79 Å². The van der Waals surface area contributed by atoms with Crippen molar-refractivity contribution >= 4 is 17.4 Å². The summed E-state index contributed by atoms with van der Waals surface area (Å²) in [6, 6.07) is 3.76. The summed E-state index contributed by atoms with van der Waals surface area (Å²) in [5.74, 6) is 0.658. The number of rotatable bonds is 8. The topological polar surface area (TPSA) is 63.4 Å². The molecule has 0 amide bonds. The molecule has 6 heteroatoms. The third-order valence-corrected chi connectivity index (χ3v) is 6.24. The maximum absolute atomic E-state index is 12.0. The third-order valence-electron chi connectivity index (χ3n) is 6.24. The van der Waals surface area contributed by atoms with E-state index < -0.39 is 0 Å². The number of nitrogens with zero attached hydrogens (tertiary/aromatic N) is 5. The second kappa shape index (κ2) is 12.2. The second-order valence-electron chi connectivity index (χ2n) is 8.79. The number of pyridine rings is 1. The monoisotopic (exact) mass is 471 g/mol. The average molecular weight is 472 g/mol. The Kier molecular flexibility index (Phi) is 9.12. The van der Waals surface area contributed by atoms with Crippen molar-refractivity contribution in [1.82, 2.24) is 19.4 Å². The number of aromatic nitrogens is 3. The van der Waals surface area contributed by atoms with Crippen molar-refractivity contribution in [2.75, 3.05) is 13.6 Å². The quantitative estimate of drug-likeness (QED) is 0.383. The molecular formula is C29H37N5O. The van der Waals surface area contributed by atoms with E-state index in [1.165, 1.54) is 28.6 Å². The average Bonchev–Trinajstić information content (AvgIpc) is 2.86. The Labute approximate surface area is 209 Å². The second-order valence-corrected chi connectivity index (χ2v) is 8.79. The van der Waals surface area contributed by atoms with Gasteiger partial charge in [-0.3, -0.25) is 19.3 Å². The van der Waals surface area contributed by atoms with Gasteiger partial charge in [-0.2, -0.15) is 0 Å². The first-order chi connectivity index (χ1) is 16.9. The highest BCUT2D eigenvalue weighted by atomic mass is 16.1. The van der Waals surface area contributed by atoms with Gasteiger partial charge >= 0.3 is 0 Å². The van der Waals surface area contributed by atoms with Gasteiger partial charge in [0.25, 0.3) is 5.56 Å². The Bertz CT molecular complexity index is 1260. The van der Waals surface area contributed by atoms with Gasteiger partial charge in [0, 0.05) is 74.7 Å². The molecule has 0 atom stereocenters. The molecule has 0 saturated carbocycles. The normalized spacial score (nSPS) is 15.7. The first-order valence-electron chi connectivity index (χ1n) is 12.3. The first-order valence-corrected chi connectivity index (χ1v) is 12.3. The molecule has 0 aromatic carbocycles. The largest absolute Gasteiger partial charge is 0.367 e. The number of hydrogen-bond donors (Lipinski definition) is 0. The highest BCUT2D eigenvalue weighted by molar-refractivity contribution is 5.95. The molecule has 184 valence electrons. The summed E-state index contributed by atoms with van der Waals surface area (Å²) >= 11 is 0. The van der Waals surface area contributed by atoms with E-state index in [0.717, 1.165) is 49.2 Å². The molecule has 0 aliphatic carbocycles. The lowest BCUT2D eigenvalue weighted by atomic mass is 9.98. The summed E-state index contributed by atoms with van der Waals surface area (Å²) in [5, 5.41) is 0. The Morgan fingerprint density at radius 3 is 2.63 bits per heavy atom. The molecule has 0 bridgehead atoms. The minimum Gasteiger partial charge on any atom is -0.367 e. The maximum Gasteiger partial charge on any atom is 0.253 e.